The lowest BCUT2D eigenvalue weighted by molar-refractivity contribution is 0.839. The number of alkyl halides is 2. The van der Waals surface area contributed by atoms with Crippen LogP contribution in [-0.2, 0) is 12.8 Å². The fourth-order valence-electron chi connectivity index (χ4n) is 1.52. The topological polar surface area (TPSA) is 0 Å². The monoisotopic (exact) mass is 186 g/mol. The highest BCUT2D eigenvalue weighted by Gasteiger charge is 2.32. The second kappa shape index (κ2) is 2.40. The van der Waals surface area contributed by atoms with Gasteiger partial charge in [-0.3, -0.25) is 0 Å². The van der Waals surface area contributed by atoms with Gasteiger partial charge in [-0.25, -0.2) is 0 Å². The van der Waals surface area contributed by atoms with Crippen LogP contribution in [0.2, 0.25) is 0 Å². The molecule has 58 valence electrons. The van der Waals surface area contributed by atoms with E-state index in [1.54, 1.807) is 0 Å². The van der Waals surface area contributed by atoms with E-state index in [9.17, 15) is 0 Å². The molecule has 0 N–H and O–H groups in total. The molecule has 2 heteroatoms. The first kappa shape index (κ1) is 7.45. The van der Waals surface area contributed by atoms with Gasteiger partial charge in [-0.1, -0.05) is 24.3 Å². The van der Waals surface area contributed by atoms with Crippen molar-refractivity contribution < 1.29 is 0 Å². The second-order valence-electron chi connectivity index (χ2n) is 2.98. The first-order valence-electron chi connectivity index (χ1n) is 3.62. The van der Waals surface area contributed by atoms with Gasteiger partial charge in [0.15, 0.2) is 0 Å². The first-order chi connectivity index (χ1) is 5.17. The van der Waals surface area contributed by atoms with Gasteiger partial charge in [0, 0.05) is 12.8 Å². The molecule has 1 aliphatic rings. The molecule has 0 radical (unpaired) electrons. The summed E-state index contributed by atoms with van der Waals surface area (Å²) in [7, 11) is 0. The Labute approximate surface area is 76.1 Å². The molecule has 11 heavy (non-hydrogen) atoms. The van der Waals surface area contributed by atoms with Crippen LogP contribution >= 0.6 is 23.2 Å². The summed E-state index contributed by atoms with van der Waals surface area (Å²) in [6, 6.07) is 8.21. The maximum atomic E-state index is 6.00. The van der Waals surface area contributed by atoms with Gasteiger partial charge in [0.05, 0.1) is 0 Å². The van der Waals surface area contributed by atoms with Crippen molar-refractivity contribution in [2.24, 2.45) is 0 Å². The van der Waals surface area contributed by atoms with Crippen molar-refractivity contribution in [1.29, 1.82) is 0 Å². The Kier molecular flexibility index (Phi) is 1.62. The molecule has 2 rings (SSSR count). The molecular formula is C9H8Cl2. The van der Waals surface area contributed by atoms with E-state index in [0.717, 1.165) is 12.8 Å². The third-order valence-electron chi connectivity index (χ3n) is 2.02. The highest BCUT2D eigenvalue weighted by atomic mass is 35.5. The summed E-state index contributed by atoms with van der Waals surface area (Å²) >= 11 is 12.0. The van der Waals surface area contributed by atoms with E-state index >= 15 is 0 Å². The quantitative estimate of drug-likeness (QED) is 0.547. The molecule has 0 unspecified atom stereocenters. The van der Waals surface area contributed by atoms with Crippen molar-refractivity contribution in [1.82, 2.24) is 0 Å². The Morgan fingerprint density at radius 1 is 1.00 bits per heavy atom. The van der Waals surface area contributed by atoms with Gasteiger partial charge in [0.25, 0.3) is 0 Å². The normalized spacial score (nSPS) is 19.8. The third kappa shape index (κ3) is 1.38. The molecule has 0 spiro atoms. The van der Waals surface area contributed by atoms with E-state index in [2.05, 4.69) is 12.1 Å². The smallest absolute Gasteiger partial charge is 0.101 e. The lowest BCUT2D eigenvalue weighted by Crippen LogP contribution is -2.10. The Morgan fingerprint density at radius 3 is 1.91 bits per heavy atom. The van der Waals surface area contributed by atoms with Crippen LogP contribution in [0.15, 0.2) is 24.3 Å². The summed E-state index contributed by atoms with van der Waals surface area (Å²) < 4.78 is -0.552. The van der Waals surface area contributed by atoms with Crippen molar-refractivity contribution in [2.75, 3.05) is 0 Å². The van der Waals surface area contributed by atoms with Crippen molar-refractivity contribution in [3.8, 4) is 0 Å². The highest BCUT2D eigenvalue weighted by Crippen LogP contribution is 2.37. The molecule has 0 saturated heterocycles. The Morgan fingerprint density at radius 2 is 1.45 bits per heavy atom. The van der Waals surface area contributed by atoms with Crippen LogP contribution in [-0.4, -0.2) is 4.33 Å². The van der Waals surface area contributed by atoms with Crippen LogP contribution in [0.4, 0.5) is 0 Å². The van der Waals surface area contributed by atoms with Crippen molar-refractivity contribution in [3.63, 3.8) is 0 Å². The zero-order chi connectivity index (χ0) is 7.90. The zero-order valence-corrected chi connectivity index (χ0v) is 7.49. The average Bonchev–Trinajstić information content (AvgIpc) is 2.21. The van der Waals surface area contributed by atoms with E-state index in [1.807, 2.05) is 12.1 Å². The predicted molar refractivity (Wildman–Crippen MR) is 48.3 cm³/mol. The van der Waals surface area contributed by atoms with Crippen LogP contribution in [0.5, 0.6) is 0 Å². The molecule has 1 aromatic carbocycles. The van der Waals surface area contributed by atoms with E-state index in [1.165, 1.54) is 11.1 Å². The van der Waals surface area contributed by atoms with Crippen molar-refractivity contribution in [2.45, 2.75) is 17.2 Å². The first-order valence-corrected chi connectivity index (χ1v) is 4.38. The standard InChI is InChI=1S/C9H8Cl2/c10-9(11)5-7-3-1-2-4-8(7)6-9/h1-4H,5-6H2. The summed E-state index contributed by atoms with van der Waals surface area (Å²) in [5.74, 6) is 0. The summed E-state index contributed by atoms with van der Waals surface area (Å²) in [5, 5.41) is 0. The van der Waals surface area contributed by atoms with E-state index in [0.29, 0.717) is 0 Å². The Bertz CT molecular complexity index is 252. The zero-order valence-electron chi connectivity index (χ0n) is 5.98. The minimum absolute atomic E-state index is 0.552. The van der Waals surface area contributed by atoms with Crippen LogP contribution < -0.4 is 0 Å². The minimum atomic E-state index is -0.552. The van der Waals surface area contributed by atoms with Crippen molar-refractivity contribution in [3.05, 3.63) is 35.4 Å². The molecule has 0 atom stereocenters. The third-order valence-corrected chi connectivity index (χ3v) is 2.55. The second-order valence-corrected chi connectivity index (χ2v) is 4.62. The fourth-order valence-corrected chi connectivity index (χ4v) is 2.10. The summed E-state index contributed by atoms with van der Waals surface area (Å²) in [6.45, 7) is 0. The molecular weight excluding hydrogens is 179 g/mol. The van der Waals surface area contributed by atoms with E-state index in [4.69, 9.17) is 23.2 Å². The van der Waals surface area contributed by atoms with Crippen LogP contribution in [0.25, 0.3) is 0 Å². The number of hydrogen-bond acceptors (Lipinski definition) is 0. The number of halogens is 2. The predicted octanol–water partition coefficient (Wildman–Crippen LogP) is 2.96. The summed E-state index contributed by atoms with van der Waals surface area (Å²) in [6.07, 6.45) is 1.57. The SMILES string of the molecule is ClC1(Cl)Cc2ccccc2C1. The molecule has 0 aliphatic heterocycles. The van der Waals surface area contributed by atoms with Gasteiger partial charge in [-0.15, -0.1) is 23.2 Å². The van der Waals surface area contributed by atoms with Crippen LogP contribution in [0, 0.1) is 0 Å². The molecule has 0 aromatic heterocycles. The lowest BCUT2D eigenvalue weighted by atomic mass is 10.1. The Balaban J connectivity index is 2.41. The van der Waals surface area contributed by atoms with Gasteiger partial charge in [-0.2, -0.15) is 0 Å². The minimum Gasteiger partial charge on any atom is -0.101 e. The van der Waals surface area contributed by atoms with E-state index < -0.39 is 4.33 Å². The molecule has 1 aliphatic carbocycles. The van der Waals surface area contributed by atoms with Gasteiger partial charge < -0.3 is 0 Å². The largest absolute Gasteiger partial charge is 0.126 e. The number of benzene rings is 1. The van der Waals surface area contributed by atoms with Gasteiger partial charge >= 0.3 is 0 Å². The van der Waals surface area contributed by atoms with E-state index in [-0.39, 0.29) is 0 Å². The molecule has 0 saturated carbocycles. The molecule has 0 amide bonds. The molecule has 0 heterocycles. The number of rotatable bonds is 0. The Hall–Kier alpha value is -0.200. The summed E-state index contributed by atoms with van der Waals surface area (Å²) in [4.78, 5) is 0. The molecule has 0 bridgehead atoms. The average molecular weight is 187 g/mol. The number of hydrogen-bond donors (Lipinski definition) is 0. The van der Waals surface area contributed by atoms with Gasteiger partial charge in [0.1, 0.15) is 4.33 Å². The molecule has 1 aromatic rings. The lowest BCUT2D eigenvalue weighted by Gasteiger charge is -2.08. The fraction of sp³-hybridized carbons (Fsp3) is 0.333. The maximum Gasteiger partial charge on any atom is 0.126 e. The maximum absolute atomic E-state index is 6.00. The van der Waals surface area contributed by atoms with Gasteiger partial charge in [0.2, 0.25) is 0 Å². The van der Waals surface area contributed by atoms with Gasteiger partial charge in [-0.05, 0) is 11.1 Å². The van der Waals surface area contributed by atoms with Crippen LogP contribution in [0.1, 0.15) is 11.1 Å². The van der Waals surface area contributed by atoms with Crippen molar-refractivity contribution >= 4 is 23.2 Å². The number of fused-ring (bicyclic) bond motifs is 1. The summed E-state index contributed by atoms with van der Waals surface area (Å²) in [5.41, 5.74) is 2.58. The highest BCUT2D eigenvalue weighted by molar-refractivity contribution is 6.48. The molecule has 0 nitrogen and oxygen atoms in total. The molecule has 0 fully saturated rings. The van der Waals surface area contributed by atoms with Crippen LogP contribution in [0.3, 0.4) is 0 Å².